The number of phenols is 2. The summed E-state index contributed by atoms with van der Waals surface area (Å²) in [6, 6.07) is 4.54. The SMILES string of the molecule is C=Cc1ccc(O)c(O)c1.O=CO. The third kappa shape index (κ3) is 3.81. The third-order valence-corrected chi connectivity index (χ3v) is 1.24. The maximum absolute atomic E-state index is 8.93. The van der Waals surface area contributed by atoms with Crippen LogP contribution in [0.1, 0.15) is 5.56 Å². The Balaban J connectivity index is 0.000000424. The highest BCUT2D eigenvalue weighted by Gasteiger charge is 1.95. The fourth-order valence-corrected chi connectivity index (χ4v) is 0.667. The highest BCUT2D eigenvalue weighted by molar-refractivity contribution is 5.53. The summed E-state index contributed by atoms with van der Waals surface area (Å²) in [6.07, 6.45) is 1.60. The Morgan fingerprint density at radius 1 is 1.23 bits per heavy atom. The molecule has 0 amide bonds. The van der Waals surface area contributed by atoms with Crippen molar-refractivity contribution in [3.05, 3.63) is 30.3 Å². The van der Waals surface area contributed by atoms with E-state index >= 15 is 0 Å². The number of rotatable bonds is 1. The van der Waals surface area contributed by atoms with Crippen molar-refractivity contribution in [2.75, 3.05) is 0 Å². The molecule has 1 aromatic rings. The lowest BCUT2D eigenvalue weighted by Gasteiger charge is -1.96. The molecule has 0 saturated heterocycles. The molecule has 13 heavy (non-hydrogen) atoms. The van der Waals surface area contributed by atoms with E-state index in [4.69, 9.17) is 20.1 Å². The van der Waals surface area contributed by atoms with Crippen LogP contribution in [0.2, 0.25) is 0 Å². The second-order valence-corrected chi connectivity index (χ2v) is 2.06. The monoisotopic (exact) mass is 182 g/mol. The largest absolute Gasteiger partial charge is 0.504 e. The smallest absolute Gasteiger partial charge is 0.290 e. The molecular weight excluding hydrogens is 172 g/mol. The van der Waals surface area contributed by atoms with Gasteiger partial charge in [-0.3, -0.25) is 4.79 Å². The van der Waals surface area contributed by atoms with Crippen LogP contribution < -0.4 is 0 Å². The molecule has 0 heterocycles. The number of phenolic OH excluding ortho intramolecular Hbond substituents is 2. The summed E-state index contributed by atoms with van der Waals surface area (Å²) in [6.45, 7) is 3.26. The van der Waals surface area contributed by atoms with E-state index in [0.29, 0.717) is 0 Å². The molecule has 70 valence electrons. The molecule has 0 fully saturated rings. The van der Waals surface area contributed by atoms with Crippen LogP contribution in [0, 0.1) is 0 Å². The van der Waals surface area contributed by atoms with Crippen molar-refractivity contribution in [3.63, 3.8) is 0 Å². The van der Waals surface area contributed by atoms with Gasteiger partial charge in [0.15, 0.2) is 11.5 Å². The lowest BCUT2D eigenvalue weighted by molar-refractivity contribution is -0.122. The van der Waals surface area contributed by atoms with E-state index in [-0.39, 0.29) is 18.0 Å². The molecule has 0 unspecified atom stereocenters. The van der Waals surface area contributed by atoms with Crippen LogP contribution in [0.5, 0.6) is 11.5 Å². The first-order valence-electron chi connectivity index (χ1n) is 3.38. The van der Waals surface area contributed by atoms with Gasteiger partial charge in [-0.15, -0.1) is 0 Å². The van der Waals surface area contributed by atoms with E-state index in [2.05, 4.69) is 6.58 Å². The van der Waals surface area contributed by atoms with Crippen molar-refractivity contribution < 1.29 is 20.1 Å². The van der Waals surface area contributed by atoms with Gasteiger partial charge in [0.25, 0.3) is 6.47 Å². The van der Waals surface area contributed by atoms with E-state index in [1.165, 1.54) is 12.1 Å². The van der Waals surface area contributed by atoms with Gasteiger partial charge in [-0.1, -0.05) is 18.7 Å². The van der Waals surface area contributed by atoms with Crippen LogP contribution >= 0.6 is 0 Å². The molecule has 0 atom stereocenters. The first kappa shape index (κ1) is 11.0. The average Bonchev–Trinajstić information content (AvgIpc) is 2.11. The van der Waals surface area contributed by atoms with E-state index < -0.39 is 0 Å². The number of aromatic hydroxyl groups is 2. The highest BCUT2D eigenvalue weighted by atomic mass is 16.3. The third-order valence-electron chi connectivity index (χ3n) is 1.24. The number of benzene rings is 1. The molecule has 0 radical (unpaired) electrons. The fraction of sp³-hybridized carbons (Fsp3) is 0. The molecular formula is C9H10O4. The van der Waals surface area contributed by atoms with Gasteiger partial charge >= 0.3 is 0 Å². The van der Waals surface area contributed by atoms with Crippen LogP contribution in [-0.2, 0) is 4.79 Å². The molecule has 0 bridgehead atoms. The highest BCUT2D eigenvalue weighted by Crippen LogP contribution is 2.24. The fourth-order valence-electron chi connectivity index (χ4n) is 0.667. The van der Waals surface area contributed by atoms with Gasteiger partial charge in [-0.25, -0.2) is 0 Å². The predicted molar refractivity (Wildman–Crippen MR) is 48.6 cm³/mol. The summed E-state index contributed by atoms with van der Waals surface area (Å²) < 4.78 is 0. The van der Waals surface area contributed by atoms with Gasteiger partial charge in [-0.05, 0) is 17.7 Å². The van der Waals surface area contributed by atoms with Crippen molar-refractivity contribution >= 4 is 12.5 Å². The molecule has 0 saturated carbocycles. The molecule has 0 aliphatic rings. The van der Waals surface area contributed by atoms with Crippen LogP contribution in [0.4, 0.5) is 0 Å². The van der Waals surface area contributed by atoms with E-state index in [0.717, 1.165) is 5.56 Å². The zero-order valence-corrected chi connectivity index (χ0v) is 6.84. The second kappa shape index (κ2) is 5.65. The zero-order chi connectivity index (χ0) is 10.3. The van der Waals surface area contributed by atoms with Crippen LogP contribution in [0.25, 0.3) is 6.08 Å². The molecule has 4 nitrogen and oxygen atoms in total. The van der Waals surface area contributed by atoms with Gasteiger partial charge in [0.1, 0.15) is 0 Å². The summed E-state index contributed by atoms with van der Waals surface area (Å²) >= 11 is 0. The molecule has 1 aromatic carbocycles. The number of carbonyl (C=O) groups is 1. The van der Waals surface area contributed by atoms with Gasteiger partial charge in [-0.2, -0.15) is 0 Å². The van der Waals surface area contributed by atoms with Crippen molar-refractivity contribution in [2.45, 2.75) is 0 Å². The van der Waals surface area contributed by atoms with Crippen molar-refractivity contribution in [1.29, 1.82) is 0 Å². The lowest BCUT2D eigenvalue weighted by Crippen LogP contribution is -1.71. The van der Waals surface area contributed by atoms with Crippen molar-refractivity contribution in [1.82, 2.24) is 0 Å². The minimum Gasteiger partial charge on any atom is -0.504 e. The minimum absolute atomic E-state index is 0.106. The van der Waals surface area contributed by atoms with Crippen LogP contribution in [-0.4, -0.2) is 21.8 Å². The summed E-state index contributed by atoms with van der Waals surface area (Å²) in [5, 5.41) is 24.7. The Labute approximate surface area is 75.4 Å². The molecule has 0 aromatic heterocycles. The Hall–Kier alpha value is -1.97. The summed E-state index contributed by atoms with van der Waals surface area (Å²) in [5.41, 5.74) is 0.787. The number of carboxylic acid groups (broad SMARTS) is 1. The maximum atomic E-state index is 8.93. The number of hydrogen-bond acceptors (Lipinski definition) is 3. The number of hydrogen-bond donors (Lipinski definition) is 3. The normalized spacial score (nSPS) is 8.00. The Morgan fingerprint density at radius 3 is 2.15 bits per heavy atom. The first-order valence-corrected chi connectivity index (χ1v) is 3.38. The summed E-state index contributed by atoms with van der Waals surface area (Å²) in [5.74, 6) is -0.219. The Morgan fingerprint density at radius 2 is 1.77 bits per heavy atom. The van der Waals surface area contributed by atoms with E-state index in [9.17, 15) is 0 Å². The second-order valence-electron chi connectivity index (χ2n) is 2.06. The molecule has 1 rings (SSSR count). The molecule has 0 spiro atoms. The zero-order valence-electron chi connectivity index (χ0n) is 6.84. The summed E-state index contributed by atoms with van der Waals surface area (Å²) in [7, 11) is 0. The van der Waals surface area contributed by atoms with Crippen LogP contribution in [0.15, 0.2) is 24.8 Å². The Kier molecular flexibility index (Phi) is 4.79. The van der Waals surface area contributed by atoms with E-state index in [1.54, 1.807) is 12.1 Å². The van der Waals surface area contributed by atoms with Crippen molar-refractivity contribution in [2.24, 2.45) is 0 Å². The first-order chi connectivity index (χ1) is 6.15. The van der Waals surface area contributed by atoms with Gasteiger partial charge in [0.2, 0.25) is 0 Å². The van der Waals surface area contributed by atoms with Gasteiger partial charge < -0.3 is 15.3 Å². The molecule has 0 aliphatic carbocycles. The minimum atomic E-state index is -0.250. The lowest BCUT2D eigenvalue weighted by atomic mass is 10.2. The quantitative estimate of drug-likeness (QED) is 0.453. The molecule has 3 N–H and O–H groups in total. The topological polar surface area (TPSA) is 77.8 Å². The summed E-state index contributed by atoms with van der Waals surface area (Å²) in [4.78, 5) is 8.36. The molecule has 4 heteroatoms. The van der Waals surface area contributed by atoms with Crippen molar-refractivity contribution in [3.8, 4) is 11.5 Å². The predicted octanol–water partition coefficient (Wildman–Crippen LogP) is 1.44. The van der Waals surface area contributed by atoms with Crippen LogP contribution in [0.3, 0.4) is 0 Å². The van der Waals surface area contributed by atoms with Gasteiger partial charge in [0.05, 0.1) is 0 Å². The average molecular weight is 182 g/mol. The molecule has 0 aliphatic heterocycles. The van der Waals surface area contributed by atoms with Gasteiger partial charge in [0, 0.05) is 0 Å². The maximum Gasteiger partial charge on any atom is 0.290 e. The standard InChI is InChI=1S/C8H8O2.CH2O2/c1-2-6-3-4-7(9)8(10)5-6;2-1-3/h2-5,9-10H,1H2;1H,(H,2,3). The van der Waals surface area contributed by atoms with E-state index in [1.807, 2.05) is 0 Å². The Bertz CT molecular complexity index is 294.